The van der Waals surface area contributed by atoms with Crippen LogP contribution >= 0.6 is 15.9 Å². The van der Waals surface area contributed by atoms with Crippen molar-refractivity contribution in [2.24, 2.45) is 0 Å². The highest BCUT2D eigenvalue weighted by atomic mass is 79.9. The number of hydrogen-bond acceptors (Lipinski definition) is 2. The van der Waals surface area contributed by atoms with Crippen LogP contribution in [0.4, 0.5) is 0 Å². The Bertz CT molecular complexity index is 226. The van der Waals surface area contributed by atoms with E-state index in [4.69, 9.17) is 0 Å². The molecule has 1 N–H and O–H groups in total. The number of alkyl halides is 1. The number of rotatable bonds is 5. The summed E-state index contributed by atoms with van der Waals surface area (Å²) in [5.74, 6) is 0. The summed E-state index contributed by atoms with van der Waals surface area (Å²) in [5, 5.41) is 4.50. The molecule has 1 unspecified atom stereocenters. The van der Waals surface area contributed by atoms with Crippen LogP contribution in [0.5, 0.6) is 0 Å². The van der Waals surface area contributed by atoms with E-state index in [9.17, 15) is 0 Å². The Hall–Kier alpha value is -0.410. The third-order valence-corrected chi connectivity index (χ3v) is 2.40. The molecule has 2 nitrogen and oxygen atoms in total. The van der Waals surface area contributed by atoms with Gasteiger partial charge in [-0.05, 0) is 31.0 Å². The molecule has 0 spiro atoms. The van der Waals surface area contributed by atoms with E-state index < -0.39 is 0 Å². The van der Waals surface area contributed by atoms with E-state index in [0.29, 0.717) is 6.04 Å². The molecule has 72 valence electrons. The molecule has 1 aromatic heterocycles. The van der Waals surface area contributed by atoms with Gasteiger partial charge in [0, 0.05) is 30.3 Å². The summed E-state index contributed by atoms with van der Waals surface area (Å²) in [4.78, 5) is 3.97. The van der Waals surface area contributed by atoms with Crippen molar-refractivity contribution >= 4 is 15.9 Å². The molecule has 0 aliphatic rings. The molecule has 1 atom stereocenters. The smallest absolute Gasteiger partial charge is 0.0271 e. The Kier molecular flexibility index (Phi) is 5.01. The lowest BCUT2D eigenvalue weighted by Crippen LogP contribution is -2.25. The van der Waals surface area contributed by atoms with Gasteiger partial charge in [-0.2, -0.15) is 0 Å². The molecule has 0 amide bonds. The Morgan fingerprint density at radius 1 is 1.46 bits per heavy atom. The Morgan fingerprint density at radius 2 is 2.15 bits per heavy atom. The van der Waals surface area contributed by atoms with E-state index >= 15 is 0 Å². The zero-order chi connectivity index (χ0) is 9.52. The normalized spacial score (nSPS) is 12.8. The predicted molar refractivity (Wildman–Crippen MR) is 58.9 cm³/mol. The van der Waals surface area contributed by atoms with Gasteiger partial charge in [0.05, 0.1) is 0 Å². The lowest BCUT2D eigenvalue weighted by molar-refractivity contribution is 0.538. The number of hydrogen-bond donors (Lipinski definition) is 1. The monoisotopic (exact) mass is 242 g/mol. The van der Waals surface area contributed by atoms with Crippen molar-refractivity contribution in [2.45, 2.75) is 25.9 Å². The highest BCUT2D eigenvalue weighted by molar-refractivity contribution is 9.09. The van der Waals surface area contributed by atoms with Crippen LogP contribution in [-0.2, 0) is 6.54 Å². The molecule has 0 bridgehead atoms. The van der Waals surface area contributed by atoms with Crippen LogP contribution in [0.1, 0.15) is 18.9 Å². The second kappa shape index (κ2) is 6.11. The summed E-state index contributed by atoms with van der Waals surface area (Å²) in [6.45, 7) is 3.12. The van der Waals surface area contributed by atoms with Crippen LogP contribution in [0.3, 0.4) is 0 Å². The maximum absolute atomic E-state index is 3.97. The lowest BCUT2D eigenvalue weighted by atomic mass is 10.2. The van der Waals surface area contributed by atoms with E-state index in [1.807, 2.05) is 24.5 Å². The first-order chi connectivity index (χ1) is 6.33. The van der Waals surface area contributed by atoms with Crippen LogP contribution in [0.2, 0.25) is 0 Å². The van der Waals surface area contributed by atoms with Gasteiger partial charge in [0.2, 0.25) is 0 Å². The molecule has 0 aliphatic heterocycles. The van der Waals surface area contributed by atoms with Crippen molar-refractivity contribution in [1.29, 1.82) is 0 Å². The zero-order valence-corrected chi connectivity index (χ0v) is 9.42. The van der Waals surface area contributed by atoms with Crippen molar-refractivity contribution in [3.8, 4) is 0 Å². The van der Waals surface area contributed by atoms with Gasteiger partial charge in [-0.1, -0.05) is 15.9 Å². The van der Waals surface area contributed by atoms with E-state index in [2.05, 4.69) is 33.2 Å². The highest BCUT2D eigenvalue weighted by Gasteiger charge is 1.99. The van der Waals surface area contributed by atoms with Gasteiger partial charge >= 0.3 is 0 Å². The molecule has 3 heteroatoms. The summed E-state index contributed by atoms with van der Waals surface area (Å²) < 4.78 is 0. The molecule has 0 aliphatic carbocycles. The van der Waals surface area contributed by atoms with E-state index in [1.54, 1.807) is 0 Å². The number of nitrogens with one attached hydrogen (secondary N) is 1. The quantitative estimate of drug-likeness (QED) is 0.803. The van der Waals surface area contributed by atoms with Gasteiger partial charge in [-0.3, -0.25) is 4.98 Å². The highest BCUT2D eigenvalue weighted by Crippen LogP contribution is 1.99. The molecule has 1 aromatic rings. The molecule has 0 saturated heterocycles. The average Bonchev–Trinajstić information content (AvgIpc) is 2.17. The largest absolute Gasteiger partial charge is 0.310 e. The third-order valence-electron chi connectivity index (χ3n) is 1.95. The minimum absolute atomic E-state index is 0.563. The number of halogens is 1. The van der Waals surface area contributed by atoms with Crippen LogP contribution in [0, 0.1) is 0 Å². The van der Waals surface area contributed by atoms with Crippen molar-refractivity contribution in [3.63, 3.8) is 0 Å². The summed E-state index contributed by atoms with van der Waals surface area (Å²) in [7, 11) is 0. The summed E-state index contributed by atoms with van der Waals surface area (Å²) in [6.07, 6.45) is 4.81. The summed E-state index contributed by atoms with van der Waals surface area (Å²) >= 11 is 3.43. The summed E-state index contributed by atoms with van der Waals surface area (Å²) in [6, 6.07) is 4.63. The molecule has 1 heterocycles. The third kappa shape index (κ3) is 4.39. The van der Waals surface area contributed by atoms with Gasteiger partial charge in [0.1, 0.15) is 0 Å². The average molecular weight is 243 g/mol. The molecule has 1 rings (SSSR count). The SMILES string of the molecule is CC(CCBr)NCc1ccncc1. The summed E-state index contributed by atoms with van der Waals surface area (Å²) in [5.41, 5.74) is 1.29. The maximum atomic E-state index is 3.97. The molecule has 13 heavy (non-hydrogen) atoms. The molecule has 0 saturated carbocycles. The molecule has 0 aromatic carbocycles. The first kappa shape index (κ1) is 10.7. The number of pyridine rings is 1. The van der Waals surface area contributed by atoms with Gasteiger partial charge in [-0.25, -0.2) is 0 Å². The zero-order valence-electron chi connectivity index (χ0n) is 7.83. The Balaban J connectivity index is 2.27. The fraction of sp³-hybridized carbons (Fsp3) is 0.500. The van der Waals surface area contributed by atoms with Crippen LogP contribution in [0.25, 0.3) is 0 Å². The van der Waals surface area contributed by atoms with Crippen molar-refractivity contribution in [2.75, 3.05) is 5.33 Å². The fourth-order valence-electron chi connectivity index (χ4n) is 1.06. The maximum Gasteiger partial charge on any atom is 0.0271 e. The Morgan fingerprint density at radius 3 is 2.77 bits per heavy atom. The molecular formula is C10H15BrN2. The van der Waals surface area contributed by atoms with E-state index in [0.717, 1.165) is 18.3 Å². The predicted octanol–water partition coefficient (Wildman–Crippen LogP) is 2.34. The second-order valence-corrected chi connectivity index (χ2v) is 3.91. The van der Waals surface area contributed by atoms with Crippen LogP contribution < -0.4 is 5.32 Å². The molecule has 0 fully saturated rings. The van der Waals surface area contributed by atoms with E-state index in [-0.39, 0.29) is 0 Å². The van der Waals surface area contributed by atoms with Gasteiger partial charge in [0.15, 0.2) is 0 Å². The minimum atomic E-state index is 0.563. The van der Waals surface area contributed by atoms with Gasteiger partial charge < -0.3 is 5.32 Å². The lowest BCUT2D eigenvalue weighted by Gasteiger charge is -2.11. The van der Waals surface area contributed by atoms with Gasteiger partial charge in [-0.15, -0.1) is 0 Å². The van der Waals surface area contributed by atoms with Crippen LogP contribution in [-0.4, -0.2) is 16.4 Å². The van der Waals surface area contributed by atoms with Crippen molar-refractivity contribution in [1.82, 2.24) is 10.3 Å². The van der Waals surface area contributed by atoms with Gasteiger partial charge in [0.25, 0.3) is 0 Å². The topological polar surface area (TPSA) is 24.9 Å². The second-order valence-electron chi connectivity index (χ2n) is 3.12. The standard InChI is InChI=1S/C10H15BrN2/c1-9(2-5-11)13-8-10-3-6-12-7-4-10/h3-4,6-7,9,13H,2,5,8H2,1H3. The minimum Gasteiger partial charge on any atom is -0.310 e. The van der Waals surface area contributed by atoms with Crippen molar-refractivity contribution < 1.29 is 0 Å². The molecular weight excluding hydrogens is 228 g/mol. The van der Waals surface area contributed by atoms with E-state index in [1.165, 1.54) is 5.56 Å². The number of aromatic nitrogens is 1. The Labute approximate surface area is 87.9 Å². The first-order valence-electron chi connectivity index (χ1n) is 4.51. The first-order valence-corrected chi connectivity index (χ1v) is 5.63. The fourth-order valence-corrected chi connectivity index (χ4v) is 1.75. The number of nitrogens with zero attached hydrogens (tertiary/aromatic N) is 1. The van der Waals surface area contributed by atoms with Crippen LogP contribution in [0.15, 0.2) is 24.5 Å². The molecule has 0 radical (unpaired) electrons. The van der Waals surface area contributed by atoms with Crippen molar-refractivity contribution in [3.05, 3.63) is 30.1 Å².